The van der Waals surface area contributed by atoms with E-state index in [-0.39, 0.29) is 13.0 Å². The van der Waals surface area contributed by atoms with Gasteiger partial charge in [0, 0.05) is 19.4 Å². The quantitative estimate of drug-likeness (QED) is 0.879. The second-order valence-corrected chi connectivity index (χ2v) is 5.81. The van der Waals surface area contributed by atoms with Crippen LogP contribution in [-0.4, -0.2) is 27.5 Å². The number of alkyl halides is 3. The van der Waals surface area contributed by atoms with Crippen molar-refractivity contribution in [1.29, 1.82) is 0 Å². The lowest BCUT2D eigenvalue weighted by Crippen LogP contribution is -2.32. The van der Waals surface area contributed by atoms with Crippen molar-refractivity contribution >= 4 is 0 Å². The largest absolute Gasteiger partial charge is 0.393 e. The number of aryl methyl sites for hydroxylation is 2. The molecule has 0 aliphatic carbocycles. The van der Waals surface area contributed by atoms with Gasteiger partial charge in [-0.15, -0.1) is 10.2 Å². The summed E-state index contributed by atoms with van der Waals surface area (Å²) in [5, 5.41) is 8.14. The molecule has 0 aromatic carbocycles. The van der Waals surface area contributed by atoms with Crippen molar-refractivity contribution in [2.45, 2.75) is 58.2 Å². The highest BCUT2D eigenvalue weighted by Crippen LogP contribution is 2.34. The highest BCUT2D eigenvalue weighted by Gasteiger charge is 2.42. The molecule has 2 N–H and O–H groups in total. The fraction of sp³-hybridized carbons (Fsp3) is 0.857. The number of aromatic nitrogens is 3. The van der Waals surface area contributed by atoms with Gasteiger partial charge in [-0.2, -0.15) is 13.2 Å². The summed E-state index contributed by atoms with van der Waals surface area (Å²) in [5.74, 6) is 0.613. The van der Waals surface area contributed by atoms with Gasteiger partial charge in [-0.25, -0.2) is 0 Å². The van der Waals surface area contributed by atoms with Crippen molar-refractivity contribution in [3.05, 3.63) is 11.6 Å². The lowest BCUT2D eigenvalue weighted by atomic mass is 9.95. The van der Waals surface area contributed by atoms with Crippen molar-refractivity contribution in [2.75, 3.05) is 6.54 Å². The monoisotopic (exact) mass is 304 g/mol. The summed E-state index contributed by atoms with van der Waals surface area (Å²) in [6.45, 7) is 2.72. The van der Waals surface area contributed by atoms with Crippen LogP contribution in [-0.2, 0) is 19.4 Å². The normalized spacial score (nSPS) is 20.3. The van der Waals surface area contributed by atoms with E-state index in [1.807, 2.05) is 0 Å². The van der Waals surface area contributed by atoms with Crippen LogP contribution >= 0.6 is 0 Å². The molecule has 7 heteroatoms. The van der Waals surface area contributed by atoms with E-state index in [9.17, 15) is 13.2 Å². The lowest BCUT2D eigenvalue weighted by molar-refractivity contribution is -0.182. The highest BCUT2D eigenvalue weighted by atomic mass is 19.4. The van der Waals surface area contributed by atoms with Gasteiger partial charge in [0.1, 0.15) is 11.6 Å². The number of fused-ring (bicyclic) bond motifs is 1. The van der Waals surface area contributed by atoms with Crippen molar-refractivity contribution in [2.24, 2.45) is 17.6 Å². The number of hydrogen-bond donors (Lipinski definition) is 1. The Morgan fingerprint density at radius 1 is 1.33 bits per heavy atom. The van der Waals surface area contributed by atoms with E-state index in [0.717, 1.165) is 19.3 Å². The molecule has 4 nitrogen and oxygen atoms in total. The van der Waals surface area contributed by atoms with Gasteiger partial charge in [0.2, 0.25) is 0 Å². The summed E-state index contributed by atoms with van der Waals surface area (Å²) < 4.78 is 40.3. The molecule has 2 rings (SSSR count). The molecule has 0 amide bonds. The molecule has 2 atom stereocenters. The van der Waals surface area contributed by atoms with E-state index >= 15 is 0 Å². The average Bonchev–Trinajstić information content (AvgIpc) is 2.85. The van der Waals surface area contributed by atoms with Crippen LogP contribution in [0.15, 0.2) is 0 Å². The van der Waals surface area contributed by atoms with E-state index in [1.54, 1.807) is 4.57 Å². The zero-order chi connectivity index (χ0) is 15.5. The minimum atomic E-state index is -4.13. The number of halogens is 3. The van der Waals surface area contributed by atoms with Crippen molar-refractivity contribution < 1.29 is 13.2 Å². The van der Waals surface area contributed by atoms with Gasteiger partial charge >= 0.3 is 6.18 Å². The summed E-state index contributed by atoms with van der Waals surface area (Å²) in [6, 6.07) is 0. The molecule has 1 aromatic heterocycles. The Bertz CT molecular complexity index is 456. The second kappa shape index (κ2) is 6.77. The molecule has 120 valence electrons. The van der Waals surface area contributed by atoms with Crippen LogP contribution in [0.1, 0.15) is 44.3 Å². The van der Waals surface area contributed by atoms with Gasteiger partial charge in [0.05, 0.1) is 5.92 Å². The summed E-state index contributed by atoms with van der Waals surface area (Å²) in [4.78, 5) is 0. The minimum absolute atomic E-state index is 0.0329. The van der Waals surface area contributed by atoms with Crippen molar-refractivity contribution in [3.63, 3.8) is 0 Å². The van der Waals surface area contributed by atoms with Gasteiger partial charge in [-0.3, -0.25) is 0 Å². The first-order valence-electron chi connectivity index (χ1n) is 7.63. The molecule has 2 heterocycles. The van der Waals surface area contributed by atoms with E-state index < -0.39 is 12.1 Å². The molecule has 2 unspecified atom stereocenters. The van der Waals surface area contributed by atoms with Gasteiger partial charge in [0.15, 0.2) is 0 Å². The molecule has 1 aromatic rings. The smallest absolute Gasteiger partial charge is 0.330 e. The fourth-order valence-electron chi connectivity index (χ4n) is 2.96. The molecule has 1 aliphatic rings. The summed E-state index contributed by atoms with van der Waals surface area (Å²) in [6.07, 6.45) is -0.0983. The molecular weight excluding hydrogens is 281 g/mol. The first-order chi connectivity index (χ1) is 9.95. The van der Waals surface area contributed by atoms with E-state index in [1.165, 1.54) is 0 Å². The first-order valence-corrected chi connectivity index (χ1v) is 7.63. The number of nitrogens with two attached hydrogens (primary N) is 1. The maximum absolute atomic E-state index is 12.9. The van der Waals surface area contributed by atoms with E-state index in [4.69, 9.17) is 5.73 Å². The van der Waals surface area contributed by atoms with Crippen molar-refractivity contribution in [3.8, 4) is 0 Å². The Morgan fingerprint density at radius 2 is 2.10 bits per heavy atom. The number of rotatable bonds is 6. The fourth-order valence-corrected chi connectivity index (χ4v) is 2.96. The maximum Gasteiger partial charge on any atom is 0.393 e. The Kier molecular flexibility index (Phi) is 5.24. The van der Waals surface area contributed by atoms with Crippen LogP contribution in [0.3, 0.4) is 0 Å². The summed E-state index contributed by atoms with van der Waals surface area (Å²) >= 11 is 0. The Balaban J connectivity index is 2.02. The number of nitrogens with zero attached hydrogens (tertiary/aromatic N) is 3. The SMILES string of the molecule is CCC(CCN)CCc1nnc2n1CC(C(F)(F)F)CC2. The molecule has 0 bridgehead atoms. The topological polar surface area (TPSA) is 56.7 Å². The Labute approximate surface area is 122 Å². The summed E-state index contributed by atoms with van der Waals surface area (Å²) in [7, 11) is 0. The van der Waals surface area contributed by atoms with Gasteiger partial charge < -0.3 is 10.3 Å². The molecule has 0 saturated carbocycles. The molecule has 0 fully saturated rings. The van der Waals surface area contributed by atoms with Crippen LogP contribution in [0.25, 0.3) is 0 Å². The van der Waals surface area contributed by atoms with Crippen molar-refractivity contribution in [1.82, 2.24) is 14.8 Å². The molecule has 0 saturated heterocycles. The second-order valence-electron chi connectivity index (χ2n) is 5.81. The molecule has 1 aliphatic heterocycles. The van der Waals surface area contributed by atoms with E-state index in [2.05, 4.69) is 17.1 Å². The zero-order valence-corrected chi connectivity index (χ0v) is 12.4. The predicted molar refractivity (Wildman–Crippen MR) is 73.7 cm³/mol. The summed E-state index contributed by atoms with van der Waals surface area (Å²) in [5.41, 5.74) is 5.57. The Hall–Kier alpha value is -1.11. The number of hydrogen-bond acceptors (Lipinski definition) is 3. The van der Waals surface area contributed by atoms with Crippen LogP contribution in [0.2, 0.25) is 0 Å². The Morgan fingerprint density at radius 3 is 2.71 bits per heavy atom. The molecule has 21 heavy (non-hydrogen) atoms. The van der Waals surface area contributed by atoms with E-state index in [0.29, 0.717) is 37.0 Å². The average molecular weight is 304 g/mol. The van der Waals surface area contributed by atoms with Crippen LogP contribution in [0.5, 0.6) is 0 Å². The lowest BCUT2D eigenvalue weighted by Gasteiger charge is -2.26. The minimum Gasteiger partial charge on any atom is -0.330 e. The maximum atomic E-state index is 12.9. The van der Waals surface area contributed by atoms with Crippen LogP contribution in [0, 0.1) is 11.8 Å². The van der Waals surface area contributed by atoms with Crippen LogP contribution in [0.4, 0.5) is 13.2 Å². The van der Waals surface area contributed by atoms with Gasteiger partial charge in [0.25, 0.3) is 0 Å². The third kappa shape index (κ3) is 3.96. The standard InChI is InChI=1S/C14H23F3N4/c1-2-10(7-8-18)3-5-12-19-20-13-6-4-11(9-21(12)13)14(15,16)17/h10-11H,2-9,18H2,1H3. The third-order valence-electron chi connectivity index (χ3n) is 4.41. The molecule has 0 spiro atoms. The van der Waals surface area contributed by atoms with Crippen LogP contribution < -0.4 is 5.73 Å². The zero-order valence-electron chi connectivity index (χ0n) is 12.4. The highest BCUT2D eigenvalue weighted by molar-refractivity contribution is 5.01. The molecular formula is C14H23F3N4. The molecule has 0 radical (unpaired) electrons. The third-order valence-corrected chi connectivity index (χ3v) is 4.41. The van der Waals surface area contributed by atoms with Gasteiger partial charge in [-0.05, 0) is 31.7 Å². The van der Waals surface area contributed by atoms with Gasteiger partial charge in [-0.1, -0.05) is 13.3 Å². The predicted octanol–water partition coefficient (Wildman–Crippen LogP) is 2.71. The first kappa shape index (κ1) is 16.3.